The second-order valence-corrected chi connectivity index (χ2v) is 7.65. The highest BCUT2D eigenvalue weighted by molar-refractivity contribution is 7.10. The van der Waals surface area contributed by atoms with Crippen LogP contribution in [-0.2, 0) is 14.3 Å². The van der Waals surface area contributed by atoms with Gasteiger partial charge in [0.1, 0.15) is 6.10 Å². The molecule has 1 saturated heterocycles. The lowest BCUT2D eigenvalue weighted by Crippen LogP contribution is -2.46. The molecule has 23 heavy (non-hydrogen) atoms. The maximum Gasteiger partial charge on any atom is 0.247 e. The maximum absolute atomic E-state index is 12.7. The first-order valence-corrected chi connectivity index (χ1v) is 9.44. The highest BCUT2D eigenvalue weighted by Crippen LogP contribution is 2.35. The molecule has 3 fully saturated rings. The fourth-order valence-corrected chi connectivity index (χ4v) is 4.17. The molecule has 2 saturated carbocycles. The van der Waals surface area contributed by atoms with Gasteiger partial charge in [-0.15, -0.1) is 11.3 Å². The Bertz CT molecular complexity index is 567. The molecule has 2 aliphatic carbocycles. The van der Waals surface area contributed by atoms with Gasteiger partial charge in [0.15, 0.2) is 0 Å². The first-order chi connectivity index (χ1) is 11.3. The van der Waals surface area contributed by atoms with E-state index < -0.39 is 0 Å². The average Bonchev–Trinajstić information content (AvgIpc) is 3.11. The zero-order valence-corrected chi connectivity index (χ0v) is 14.0. The van der Waals surface area contributed by atoms with Crippen LogP contribution in [0, 0.1) is 5.92 Å². The van der Waals surface area contributed by atoms with Gasteiger partial charge in [0.25, 0.3) is 0 Å². The SMILES string of the molecule is O=C(/C=C/c1cccs1)N1CCO[C@H]2CC[C@H]1[C@H]2OCC1CC1. The zero-order chi connectivity index (χ0) is 15.6. The van der Waals surface area contributed by atoms with Crippen molar-refractivity contribution in [1.82, 2.24) is 4.90 Å². The molecule has 0 radical (unpaired) electrons. The van der Waals surface area contributed by atoms with Crippen molar-refractivity contribution in [2.75, 3.05) is 19.8 Å². The molecule has 0 N–H and O–H groups in total. The molecule has 1 amide bonds. The van der Waals surface area contributed by atoms with Crippen LogP contribution in [0.25, 0.3) is 6.08 Å². The van der Waals surface area contributed by atoms with Crippen molar-refractivity contribution in [3.8, 4) is 0 Å². The molecule has 0 unspecified atom stereocenters. The van der Waals surface area contributed by atoms with E-state index in [4.69, 9.17) is 9.47 Å². The lowest BCUT2D eigenvalue weighted by molar-refractivity contribution is -0.130. The smallest absolute Gasteiger partial charge is 0.247 e. The van der Waals surface area contributed by atoms with Crippen LogP contribution in [0.4, 0.5) is 0 Å². The molecule has 4 nitrogen and oxygen atoms in total. The monoisotopic (exact) mass is 333 g/mol. The second kappa shape index (κ2) is 6.75. The summed E-state index contributed by atoms with van der Waals surface area (Å²) in [4.78, 5) is 15.7. The van der Waals surface area contributed by atoms with E-state index in [1.54, 1.807) is 17.4 Å². The summed E-state index contributed by atoms with van der Waals surface area (Å²) in [5, 5.41) is 2.02. The van der Waals surface area contributed by atoms with E-state index in [9.17, 15) is 4.79 Å². The van der Waals surface area contributed by atoms with Crippen LogP contribution in [0.1, 0.15) is 30.6 Å². The van der Waals surface area contributed by atoms with E-state index in [0.29, 0.717) is 13.2 Å². The number of ether oxygens (including phenoxy) is 2. The molecule has 5 heteroatoms. The van der Waals surface area contributed by atoms with Crippen molar-refractivity contribution in [3.63, 3.8) is 0 Å². The van der Waals surface area contributed by atoms with E-state index in [2.05, 4.69) is 0 Å². The normalized spacial score (nSPS) is 30.8. The topological polar surface area (TPSA) is 38.8 Å². The minimum Gasteiger partial charge on any atom is -0.374 e. The average molecular weight is 333 g/mol. The molecule has 4 rings (SSSR count). The van der Waals surface area contributed by atoms with Gasteiger partial charge in [-0.3, -0.25) is 4.79 Å². The number of hydrogen-bond donors (Lipinski definition) is 0. The van der Waals surface area contributed by atoms with Crippen LogP contribution in [-0.4, -0.2) is 48.8 Å². The summed E-state index contributed by atoms with van der Waals surface area (Å²) in [6.07, 6.45) is 8.38. The van der Waals surface area contributed by atoms with Gasteiger partial charge in [0.2, 0.25) is 5.91 Å². The number of fused-ring (bicyclic) bond motifs is 2. The van der Waals surface area contributed by atoms with Crippen LogP contribution in [0.5, 0.6) is 0 Å². The van der Waals surface area contributed by atoms with Crippen molar-refractivity contribution in [3.05, 3.63) is 28.5 Å². The Morgan fingerprint density at radius 2 is 2.30 bits per heavy atom. The first-order valence-electron chi connectivity index (χ1n) is 8.56. The highest BCUT2D eigenvalue weighted by atomic mass is 32.1. The summed E-state index contributed by atoms with van der Waals surface area (Å²) in [7, 11) is 0. The number of nitrogens with zero attached hydrogens (tertiary/aromatic N) is 1. The fraction of sp³-hybridized carbons (Fsp3) is 0.611. The van der Waals surface area contributed by atoms with E-state index in [0.717, 1.165) is 30.2 Å². The van der Waals surface area contributed by atoms with Crippen molar-refractivity contribution in [1.29, 1.82) is 0 Å². The number of carbonyl (C=O) groups excluding carboxylic acids is 1. The molecular formula is C18H23NO3S. The Morgan fingerprint density at radius 3 is 3.09 bits per heavy atom. The third kappa shape index (κ3) is 3.52. The van der Waals surface area contributed by atoms with E-state index >= 15 is 0 Å². The van der Waals surface area contributed by atoms with Gasteiger partial charge >= 0.3 is 0 Å². The minimum atomic E-state index is 0.0530. The molecule has 1 aromatic rings. The van der Waals surface area contributed by atoms with E-state index in [1.165, 1.54) is 12.8 Å². The number of rotatable bonds is 5. The largest absolute Gasteiger partial charge is 0.374 e. The Hall–Kier alpha value is -1.17. The zero-order valence-electron chi connectivity index (χ0n) is 13.2. The number of thiophene rings is 1. The van der Waals surface area contributed by atoms with Crippen LogP contribution >= 0.6 is 11.3 Å². The lowest BCUT2D eigenvalue weighted by Gasteiger charge is -2.30. The molecule has 1 aliphatic heterocycles. The van der Waals surface area contributed by atoms with Gasteiger partial charge < -0.3 is 14.4 Å². The molecule has 2 heterocycles. The number of carbonyl (C=O) groups is 1. The summed E-state index contributed by atoms with van der Waals surface area (Å²) >= 11 is 1.64. The molecule has 3 aliphatic rings. The standard InChI is InChI=1S/C18H23NO3S/c20-17(8-5-14-2-1-11-23-14)19-9-10-21-16-7-6-15(19)18(16)22-12-13-3-4-13/h1-2,5,8,11,13,15-16,18H,3-4,6-7,9-10,12H2/b8-5+/t15-,16-,18+/m0/s1. The Kier molecular flexibility index (Phi) is 4.51. The van der Waals surface area contributed by atoms with Crippen LogP contribution in [0.15, 0.2) is 23.6 Å². The summed E-state index contributed by atoms with van der Waals surface area (Å²) in [5.74, 6) is 0.815. The third-order valence-corrected chi connectivity index (χ3v) is 5.83. The Balaban J connectivity index is 1.44. The van der Waals surface area contributed by atoms with Gasteiger partial charge in [0, 0.05) is 24.1 Å². The molecule has 2 bridgehead atoms. The Labute approximate surface area is 141 Å². The fourth-order valence-electron chi connectivity index (χ4n) is 3.55. The van der Waals surface area contributed by atoms with Gasteiger partial charge in [-0.2, -0.15) is 0 Å². The molecule has 0 aromatic carbocycles. The van der Waals surface area contributed by atoms with E-state index in [-0.39, 0.29) is 24.2 Å². The molecule has 0 spiro atoms. The summed E-state index contributed by atoms with van der Waals surface area (Å²) in [6, 6.07) is 4.19. The first kappa shape index (κ1) is 15.4. The quantitative estimate of drug-likeness (QED) is 0.778. The predicted molar refractivity (Wildman–Crippen MR) is 90.3 cm³/mol. The predicted octanol–water partition coefficient (Wildman–Crippen LogP) is 2.95. The van der Waals surface area contributed by atoms with Gasteiger partial charge in [0.05, 0.1) is 18.8 Å². The Morgan fingerprint density at radius 1 is 1.39 bits per heavy atom. The number of amides is 1. The molecule has 124 valence electrons. The molecule has 3 atom stereocenters. The van der Waals surface area contributed by atoms with Crippen molar-refractivity contribution in [2.45, 2.75) is 43.9 Å². The van der Waals surface area contributed by atoms with Crippen LogP contribution in [0.2, 0.25) is 0 Å². The number of hydrogen-bond acceptors (Lipinski definition) is 4. The van der Waals surface area contributed by atoms with E-state index in [1.807, 2.05) is 28.5 Å². The van der Waals surface area contributed by atoms with Crippen molar-refractivity contribution < 1.29 is 14.3 Å². The summed E-state index contributed by atoms with van der Waals surface area (Å²) in [5.41, 5.74) is 0. The highest BCUT2D eigenvalue weighted by Gasteiger charge is 2.44. The molecular weight excluding hydrogens is 310 g/mol. The summed E-state index contributed by atoms with van der Waals surface area (Å²) < 4.78 is 12.1. The maximum atomic E-state index is 12.7. The van der Waals surface area contributed by atoms with Crippen molar-refractivity contribution >= 4 is 23.3 Å². The minimum absolute atomic E-state index is 0.0530. The van der Waals surface area contributed by atoms with Crippen molar-refractivity contribution in [2.24, 2.45) is 5.92 Å². The summed E-state index contributed by atoms with van der Waals surface area (Å²) in [6.45, 7) is 2.11. The van der Waals surface area contributed by atoms with Gasteiger partial charge in [-0.05, 0) is 49.1 Å². The van der Waals surface area contributed by atoms with Crippen LogP contribution in [0.3, 0.4) is 0 Å². The van der Waals surface area contributed by atoms with Gasteiger partial charge in [-0.1, -0.05) is 6.07 Å². The second-order valence-electron chi connectivity index (χ2n) is 6.68. The van der Waals surface area contributed by atoms with Gasteiger partial charge in [-0.25, -0.2) is 0 Å². The molecule has 1 aromatic heterocycles. The lowest BCUT2D eigenvalue weighted by atomic mass is 10.1. The third-order valence-electron chi connectivity index (χ3n) is 4.99. The van der Waals surface area contributed by atoms with Crippen LogP contribution < -0.4 is 0 Å².